The van der Waals surface area contributed by atoms with E-state index < -0.39 is 11.7 Å². The van der Waals surface area contributed by atoms with Gasteiger partial charge in [-0.25, -0.2) is 0 Å². The first-order valence-corrected chi connectivity index (χ1v) is 8.11. The lowest BCUT2D eigenvalue weighted by molar-refractivity contribution is -0.137. The van der Waals surface area contributed by atoms with E-state index in [4.69, 9.17) is 4.74 Å². The van der Waals surface area contributed by atoms with Crippen LogP contribution in [0.4, 0.5) is 18.9 Å². The Labute approximate surface area is 154 Å². The maximum absolute atomic E-state index is 12.8. The molecule has 0 spiro atoms. The van der Waals surface area contributed by atoms with Crippen molar-refractivity contribution < 1.29 is 22.7 Å². The van der Waals surface area contributed by atoms with Crippen LogP contribution in [0.5, 0.6) is 5.75 Å². The number of halogens is 3. The molecule has 0 heterocycles. The fourth-order valence-corrected chi connectivity index (χ4v) is 2.73. The van der Waals surface area contributed by atoms with Crippen LogP contribution in [-0.2, 0) is 6.18 Å². The highest BCUT2D eigenvalue weighted by molar-refractivity contribution is 6.09. The number of amides is 1. The molecule has 1 N–H and O–H groups in total. The van der Waals surface area contributed by atoms with Crippen LogP contribution in [0.1, 0.15) is 15.9 Å². The zero-order valence-corrected chi connectivity index (χ0v) is 14.4. The molecule has 0 atom stereocenters. The number of methoxy groups -OCH3 is 1. The number of para-hydroxylation sites is 1. The highest BCUT2D eigenvalue weighted by Gasteiger charge is 2.30. The minimum atomic E-state index is -4.42. The highest BCUT2D eigenvalue weighted by atomic mass is 19.4. The van der Waals surface area contributed by atoms with E-state index in [1.54, 1.807) is 42.5 Å². The Bertz CT molecular complexity index is 936. The number of hydrogen-bond acceptors (Lipinski definition) is 2. The van der Waals surface area contributed by atoms with Gasteiger partial charge in [-0.15, -0.1) is 0 Å². The molecule has 0 saturated carbocycles. The second kappa shape index (κ2) is 7.53. The number of benzene rings is 3. The molecule has 0 aliphatic rings. The maximum atomic E-state index is 12.8. The summed E-state index contributed by atoms with van der Waals surface area (Å²) < 4.78 is 43.8. The topological polar surface area (TPSA) is 38.3 Å². The molecule has 3 aromatic rings. The van der Waals surface area contributed by atoms with Gasteiger partial charge in [-0.2, -0.15) is 13.2 Å². The summed E-state index contributed by atoms with van der Waals surface area (Å²) in [6, 6.07) is 18.5. The average Bonchev–Trinajstić information content (AvgIpc) is 2.67. The molecule has 1 amide bonds. The molecule has 6 heteroatoms. The zero-order valence-electron chi connectivity index (χ0n) is 14.4. The Morgan fingerprint density at radius 3 is 2.15 bits per heavy atom. The van der Waals surface area contributed by atoms with Crippen molar-refractivity contribution in [3.63, 3.8) is 0 Å². The molecule has 0 aliphatic carbocycles. The molecule has 0 saturated heterocycles. The highest BCUT2D eigenvalue weighted by Crippen LogP contribution is 2.36. The predicted octanol–water partition coefficient (Wildman–Crippen LogP) is 5.63. The van der Waals surface area contributed by atoms with E-state index in [0.29, 0.717) is 28.1 Å². The quantitative estimate of drug-likeness (QED) is 0.645. The molecule has 0 aromatic heterocycles. The van der Waals surface area contributed by atoms with Crippen molar-refractivity contribution >= 4 is 11.6 Å². The van der Waals surface area contributed by atoms with E-state index in [1.165, 1.54) is 19.2 Å². The smallest absolute Gasteiger partial charge is 0.416 e. The zero-order chi connectivity index (χ0) is 19.4. The van der Waals surface area contributed by atoms with Gasteiger partial charge in [-0.3, -0.25) is 4.79 Å². The Morgan fingerprint density at radius 1 is 0.889 bits per heavy atom. The Hall–Kier alpha value is -3.28. The number of ether oxygens (including phenoxy) is 1. The normalized spacial score (nSPS) is 11.1. The van der Waals surface area contributed by atoms with Crippen molar-refractivity contribution in [1.82, 2.24) is 0 Å². The number of carbonyl (C=O) groups is 1. The first kappa shape index (κ1) is 18.5. The van der Waals surface area contributed by atoms with E-state index in [0.717, 1.165) is 12.1 Å². The van der Waals surface area contributed by atoms with E-state index in [1.807, 2.05) is 6.07 Å². The SMILES string of the molecule is COc1cccc(C(=O)Nc2ccccc2)c1-c1ccc(C(F)(F)F)cc1. The van der Waals surface area contributed by atoms with Crippen LogP contribution in [0.3, 0.4) is 0 Å². The first-order chi connectivity index (χ1) is 12.9. The maximum Gasteiger partial charge on any atom is 0.416 e. The standard InChI is InChI=1S/C21H16F3NO2/c1-27-18-9-5-8-17(20(26)25-16-6-3-2-4-7-16)19(18)14-10-12-15(13-11-14)21(22,23)24/h2-13H,1H3,(H,25,26). The monoisotopic (exact) mass is 371 g/mol. The summed E-state index contributed by atoms with van der Waals surface area (Å²) >= 11 is 0. The molecule has 3 rings (SSSR count). The molecule has 3 nitrogen and oxygen atoms in total. The van der Waals surface area contributed by atoms with Crippen LogP contribution in [0.2, 0.25) is 0 Å². The van der Waals surface area contributed by atoms with Gasteiger partial charge in [-0.1, -0.05) is 36.4 Å². The minimum absolute atomic E-state index is 0.304. The van der Waals surface area contributed by atoms with Crippen LogP contribution < -0.4 is 10.1 Å². The van der Waals surface area contributed by atoms with Crippen LogP contribution in [0.25, 0.3) is 11.1 Å². The molecule has 0 bridgehead atoms. The Kier molecular flexibility index (Phi) is 5.16. The van der Waals surface area contributed by atoms with Gasteiger partial charge in [0.05, 0.1) is 18.2 Å². The molecule has 0 radical (unpaired) electrons. The number of nitrogens with one attached hydrogen (secondary N) is 1. The molecule has 0 aliphatic heterocycles. The lowest BCUT2D eigenvalue weighted by Gasteiger charge is -2.15. The molecule has 3 aromatic carbocycles. The van der Waals surface area contributed by atoms with Gasteiger partial charge >= 0.3 is 6.18 Å². The largest absolute Gasteiger partial charge is 0.496 e. The van der Waals surface area contributed by atoms with Crippen molar-refractivity contribution in [2.45, 2.75) is 6.18 Å². The Morgan fingerprint density at radius 2 is 1.56 bits per heavy atom. The summed E-state index contributed by atoms with van der Waals surface area (Å²) in [7, 11) is 1.45. The van der Waals surface area contributed by atoms with Crippen LogP contribution in [0, 0.1) is 0 Å². The lowest BCUT2D eigenvalue weighted by Crippen LogP contribution is -2.13. The van der Waals surface area contributed by atoms with E-state index in [-0.39, 0.29) is 5.91 Å². The van der Waals surface area contributed by atoms with Gasteiger partial charge in [0.25, 0.3) is 5.91 Å². The molecular weight excluding hydrogens is 355 g/mol. The van der Waals surface area contributed by atoms with E-state index in [2.05, 4.69) is 5.32 Å². The summed E-state index contributed by atoms with van der Waals surface area (Å²) in [6.45, 7) is 0. The third-order valence-electron chi connectivity index (χ3n) is 4.02. The van der Waals surface area contributed by atoms with Gasteiger partial charge in [-0.05, 0) is 42.0 Å². The van der Waals surface area contributed by atoms with E-state index in [9.17, 15) is 18.0 Å². The fourth-order valence-electron chi connectivity index (χ4n) is 2.73. The van der Waals surface area contributed by atoms with Crippen molar-refractivity contribution in [2.75, 3.05) is 12.4 Å². The number of alkyl halides is 3. The molecule has 0 unspecified atom stereocenters. The summed E-state index contributed by atoms with van der Waals surface area (Å²) in [5.41, 5.74) is 1.05. The van der Waals surface area contributed by atoms with Crippen molar-refractivity contribution in [3.05, 3.63) is 83.9 Å². The van der Waals surface area contributed by atoms with Gasteiger partial charge in [0.15, 0.2) is 0 Å². The third-order valence-corrected chi connectivity index (χ3v) is 4.02. The van der Waals surface area contributed by atoms with Crippen LogP contribution >= 0.6 is 0 Å². The molecule has 138 valence electrons. The number of anilines is 1. The average molecular weight is 371 g/mol. The second-order valence-electron chi connectivity index (χ2n) is 5.78. The van der Waals surface area contributed by atoms with Crippen molar-refractivity contribution in [3.8, 4) is 16.9 Å². The summed E-state index contributed by atoms with van der Waals surface area (Å²) in [5, 5.41) is 2.78. The predicted molar refractivity (Wildman–Crippen MR) is 97.8 cm³/mol. The summed E-state index contributed by atoms with van der Waals surface area (Å²) in [6.07, 6.45) is -4.42. The van der Waals surface area contributed by atoms with Crippen molar-refractivity contribution in [1.29, 1.82) is 0 Å². The van der Waals surface area contributed by atoms with Crippen molar-refractivity contribution in [2.24, 2.45) is 0 Å². The fraction of sp³-hybridized carbons (Fsp3) is 0.0952. The lowest BCUT2D eigenvalue weighted by atomic mass is 9.96. The summed E-state index contributed by atoms with van der Waals surface area (Å²) in [4.78, 5) is 12.8. The Balaban J connectivity index is 2.03. The molecule has 0 fully saturated rings. The number of carbonyl (C=O) groups excluding carboxylic acids is 1. The molecular formula is C21H16F3NO2. The van der Waals surface area contributed by atoms with Crippen LogP contribution in [0.15, 0.2) is 72.8 Å². The van der Waals surface area contributed by atoms with E-state index >= 15 is 0 Å². The third kappa shape index (κ3) is 4.11. The van der Waals surface area contributed by atoms with Gasteiger partial charge in [0.2, 0.25) is 0 Å². The number of hydrogen-bond donors (Lipinski definition) is 1. The molecule has 27 heavy (non-hydrogen) atoms. The van der Waals surface area contributed by atoms with Gasteiger partial charge in [0.1, 0.15) is 5.75 Å². The van der Waals surface area contributed by atoms with Gasteiger partial charge < -0.3 is 10.1 Å². The minimum Gasteiger partial charge on any atom is -0.496 e. The second-order valence-corrected chi connectivity index (χ2v) is 5.78. The number of rotatable bonds is 4. The summed E-state index contributed by atoms with van der Waals surface area (Å²) in [5.74, 6) is 0.0190. The van der Waals surface area contributed by atoms with Crippen LogP contribution in [-0.4, -0.2) is 13.0 Å². The first-order valence-electron chi connectivity index (χ1n) is 8.11. The van der Waals surface area contributed by atoms with Gasteiger partial charge in [0, 0.05) is 11.3 Å².